The molecule has 2 aliphatic rings. The molecule has 0 aromatic heterocycles. The lowest BCUT2D eigenvalue weighted by Gasteiger charge is -2.33. The van der Waals surface area contributed by atoms with Crippen molar-refractivity contribution < 1.29 is 9.53 Å². The molecule has 0 aliphatic carbocycles. The number of benzene rings is 1. The molecule has 0 radical (unpaired) electrons. The van der Waals surface area contributed by atoms with E-state index in [0.717, 1.165) is 45.4 Å². The van der Waals surface area contributed by atoms with Gasteiger partial charge in [-0.05, 0) is 36.8 Å². The molecule has 0 bridgehead atoms. The molecule has 3 rings (SSSR count). The minimum Gasteiger partial charge on any atom is -0.368 e. The topological polar surface area (TPSA) is 29.5 Å². The van der Waals surface area contributed by atoms with Gasteiger partial charge in [0.15, 0.2) is 0 Å². The Morgan fingerprint density at radius 1 is 1.22 bits per heavy atom. The van der Waals surface area contributed by atoms with Crippen LogP contribution in [0.1, 0.15) is 30.4 Å². The molecular formula is C15H19NO2. The lowest BCUT2D eigenvalue weighted by Crippen LogP contribution is -2.44. The third-order valence-corrected chi connectivity index (χ3v) is 3.90. The Bertz CT molecular complexity index is 438. The number of nitrogens with zero attached hydrogens (tertiary/aromatic N) is 1. The van der Waals surface area contributed by atoms with Crippen LogP contribution in [0.2, 0.25) is 0 Å². The second-order valence-electron chi connectivity index (χ2n) is 5.13. The molecule has 1 aromatic carbocycles. The van der Waals surface area contributed by atoms with Crippen LogP contribution >= 0.6 is 0 Å². The third-order valence-electron chi connectivity index (χ3n) is 3.90. The first kappa shape index (κ1) is 11.7. The second kappa shape index (κ2) is 5.11. The summed E-state index contributed by atoms with van der Waals surface area (Å²) in [5.74, 6) is 0.184. The van der Waals surface area contributed by atoms with E-state index in [9.17, 15) is 4.79 Å². The second-order valence-corrected chi connectivity index (χ2v) is 5.13. The maximum atomic E-state index is 12.4. The third kappa shape index (κ3) is 2.27. The summed E-state index contributed by atoms with van der Waals surface area (Å²) in [6.07, 6.45) is 3.86. The summed E-state index contributed by atoms with van der Waals surface area (Å²) in [5, 5.41) is 0. The van der Waals surface area contributed by atoms with Gasteiger partial charge in [0, 0.05) is 19.7 Å². The van der Waals surface area contributed by atoms with Crippen LogP contribution in [0.5, 0.6) is 0 Å². The van der Waals surface area contributed by atoms with Gasteiger partial charge in [-0.3, -0.25) is 4.79 Å². The van der Waals surface area contributed by atoms with Crippen molar-refractivity contribution in [1.29, 1.82) is 0 Å². The van der Waals surface area contributed by atoms with E-state index in [1.807, 2.05) is 11.0 Å². The molecule has 96 valence electrons. The fraction of sp³-hybridized carbons (Fsp3) is 0.533. The van der Waals surface area contributed by atoms with Gasteiger partial charge in [-0.2, -0.15) is 0 Å². The molecule has 0 saturated carbocycles. The van der Waals surface area contributed by atoms with E-state index >= 15 is 0 Å². The van der Waals surface area contributed by atoms with Crippen LogP contribution < -0.4 is 0 Å². The van der Waals surface area contributed by atoms with Crippen molar-refractivity contribution in [2.75, 3.05) is 13.2 Å². The molecule has 3 nitrogen and oxygen atoms in total. The Hall–Kier alpha value is -1.35. The quantitative estimate of drug-likeness (QED) is 0.758. The Kier molecular flexibility index (Phi) is 3.33. The average molecular weight is 245 g/mol. The predicted octanol–water partition coefficient (Wildman–Crippen LogP) is 2.14. The van der Waals surface area contributed by atoms with Gasteiger partial charge in [0.2, 0.25) is 0 Å². The predicted molar refractivity (Wildman–Crippen MR) is 69.2 cm³/mol. The van der Waals surface area contributed by atoms with Gasteiger partial charge in [0.25, 0.3) is 5.91 Å². The first-order chi connectivity index (χ1) is 8.84. The molecular weight excluding hydrogens is 226 g/mol. The highest BCUT2D eigenvalue weighted by Gasteiger charge is 2.28. The number of carbonyl (C=O) groups is 1. The number of hydrogen-bond acceptors (Lipinski definition) is 2. The van der Waals surface area contributed by atoms with Crippen molar-refractivity contribution in [3.8, 4) is 0 Å². The molecule has 3 heteroatoms. The summed E-state index contributed by atoms with van der Waals surface area (Å²) < 4.78 is 5.59. The molecule has 1 fully saturated rings. The molecule has 1 saturated heterocycles. The summed E-state index contributed by atoms with van der Waals surface area (Å²) in [7, 11) is 0. The molecule has 1 unspecified atom stereocenters. The number of ether oxygens (including phenoxy) is 1. The lowest BCUT2D eigenvalue weighted by atomic mass is 9.99. The summed E-state index contributed by atoms with van der Waals surface area (Å²) in [6, 6.07) is 8.40. The standard InChI is InChI=1S/C15H19NO2/c17-15(14-7-3-4-10-18-14)16-9-8-12-5-1-2-6-13(12)11-16/h1-2,5-6,14H,3-4,7-11H2. The van der Waals surface area contributed by atoms with Crippen LogP contribution in [0.15, 0.2) is 24.3 Å². The van der Waals surface area contributed by atoms with Crippen LogP contribution in [0, 0.1) is 0 Å². The van der Waals surface area contributed by atoms with Crippen molar-refractivity contribution in [1.82, 2.24) is 4.90 Å². The largest absolute Gasteiger partial charge is 0.368 e. The van der Waals surface area contributed by atoms with Gasteiger partial charge in [-0.25, -0.2) is 0 Å². The normalized spacial score (nSPS) is 23.6. The highest BCUT2D eigenvalue weighted by molar-refractivity contribution is 5.81. The van der Waals surface area contributed by atoms with Crippen molar-refractivity contribution in [2.45, 2.75) is 38.3 Å². The highest BCUT2D eigenvalue weighted by atomic mass is 16.5. The summed E-state index contributed by atoms with van der Waals surface area (Å²) in [6.45, 7) is 2.31. The zero-order chi connectivity index (χ0) is 12.4. The Balaban J connectivity index is 1.69. The van der Waals surface area contributed by atoms with Gasteiger partial charge < -0.3 is 9.64 Å². The van der Waals surface area contributed by atoms with Crippen molar-refractivity contribution >= 4 is 5.91 Å². The molecule has 0 spiro atoms. The monoisotopic (exact) mass is 245 g/mol. The van der Waals surface area contributed by atoms with E-state index in [0.29, 0.717) is 0 Å². The molecule has 1 amide bonds. The molecule has 1 atom stereocenters. The van der Waals surface area contributed by atoms with E-state index in [-0.39, 0.29) is 12.0 Å². The number of rotatable bonds is 1. The van der Waals surface area contributed by atoms with Crippen LogP contribution in [-0.2, 0) is 22.5 Å². The van der Waals surface area contributed by atoms with Gasteiger partial charge in [-0.1, -0.05) is 24.3 Å². The number of hydrogen-bond donors (Lipinski definition) is 0. The maximum Gasteiger partial charge on any atom is 0.252 e. The average Bonchev–Trinajstić information content (AvgIpc) is 2.47. The summed E-state index contributed by atoms with van der Waals surface area (Å²) in [4.78, 5) is 14.3. The number of fused-ring (bicyclic) bond motifs is 1. The zero-order valence-corrected chi connectivity index (χ0v) is 10.6. The Morgan fingerprint density at radius 3 is 2.83 bits per heavy atom. The van der Waals surface area contributed by atoms with Crippen LogP contribution in [0.3, 0.4) is 0 Å². The van der Waals surface area contributed by atoms with E-state index in [1.54, 1.807) is 0 Å². The van der Waals surface area contributed by atoms with E-state index in [4.69, 9.17) is 4.74 Å². The fourth-order valence-electron chi connectivity index (χ4n) is 2.82. The minimum absolute atomic E-state index is 0.184. The minimum atomic E-state index is -0.191. The first-order valence-corrected chi connectivity index (χ1v) is 6.82. The Morgan fingerprint density at radius 2 is 2.06 bits per heavy atom. The highest BCUT2D eigenvalue weighted by Crippen LogP contribution is 2.22. The van der Waals surface area contributed by atoms with Crippen LogP contribution in [-0.4, -0.2) is 30.1 Å². The molecule has 2 heterocycles. The van der Waals surface area contributed by atoms with Crippen LogP contribution in [0.25, 0.3) is 0 Å². The SMILES string of the molecule is O=C(C1CCCCO1)N1CCc2ccccc2C1. The van der Waals surface area contributed by atoms with Gasteiger partial charge in [0.05, 0.1) is 0 Å². The van der Waals surface area contributed by atoms with Crippen molar-refractivity contribution in [3.63, 3.8) is 0 Å². The van der Waals surface area contributed by atoms with E-state index in [1.165, 1.54) is 11.1 Å². The van der Waals surface area contributed by atoms with Gasteiger partial charge >= 0.3 is 0 Å². The summed E-state index contributed by atoms with van der Waals surface area (Å²) in [5.41, 5.74) is 2.67. The Labute approximate surface area is 108 Å². The first-order valence-electron chi connectivity index (χ1n) is 6.82. The lowest BCUT2D eigenvalue weighted by molar-refractivity contribution is -0.147. The van der Waals surface area contributed by atoms with E-state index in [2.05, 4.69) is 18.2 Å². The molecule has 2 aliphatic heterocycles. The molecule has 18 heavy (non-hydrogen) atoms. The smallest absolute Gasteiger partial charge is 0.252 e. The van der Waals surface area contributed by atoms with Crippen molar-refractivity contribution in [3.05, 3.63) is 35.4 Å². The number of carbonyl (C=O) groups excluding carboxylic acids is 1. The van der Waals surface area contributed by atoms with Gasteiger partial charge in [-0.15, -0.1) is 0 Å². The maximum absolute atomic E-state index is 12.4. The van der Waals surface area contributed by atoms with Gasteiger partial charge in [0.1, 0.15) is 6.10 Å². The fourth-order valence-corrected chi connectivity index (χ4v) is 2.82. The number of amides is 1. The van der Waals surface area contributed by atoms with E-state index < -0.39 is 0 Å². The zero-order valence-electron chi connectivity index (χ0n) is 10.6. The molecule has 0 N–H and O–H groups in total. The van der Waals surface area contributed by atoms with Crippen molar-refractivity contribution in [2.24, 2.45) is 0 Å². The van der Waals surface area contributed by atoms with Crippen LogP contribution in [0.4, 0.5) is 0 Å². The summed E-state index contributed by atoms with van der Waals surface area (Å²) >= 11 is 0. The molecule has 1 aromatic rings.